The molecule has 88 valence electrons. The summed E-state index contributed by atoms with van der Waals surface area (Å²) in [4.78, 5) is 10.9. The fourth-order valence-electron chi connectivity index (χ4n) is 1.63. The molecule has 1 atom stereocenters. The van der Waals surface area contributed by atoms with Gasteiger partial charge in [0, 0.05) is 19.4 Å². The van der Waals surface area contributed by atoms with E-state index in [-0.39, 0.29) is 11.8 Å². The van der Waals surface area contributed by atoms with Crippen molar-refractivity contribution in [3.63, 3.8) is 0 Å². The van der Waals surface area contributed by atoms with Gasteiger partial charge in [-0.3, -0.25) is 4.79 Å². The lowest BCUT2D eigenvalue weighted by atomic mass is 9.95. The predicted octanol–water partition coefficient (Wildman–Crippen LogP) is 0.751. The Labute approximate surface area is 95.6 Å². The van der Waals surface area contributed by atoms with E-state index in [1.165, 1.54) is 0 Å². The van der Waals surface area contributed by atoms with Crippen molar-refractivity contribution < 1.29 is 9.53 Å². The molecular formula is C12H18N2O2. The molecule has 0 aliphatic carbocycles. The molecule has 4 nitrogen and oxygen atoms in total. The van der Waals surface area contributed by atoms with Crippen LogP contribution < -0.4 is 11.5 Å². The van der Waals surface area contributed by atoms with Gasteiger partial charge in [-0.25, -0.2) is 0 Å². The van der Waals surface area contributed by atoms with Crippen LogP contribution in [0.1, 0.15) is 23.5 Å². The lowest BCUT2D eigenvalue weighted by molar-refractivity contribution is -0.118. The van der Waals surface area contributed by atoms with Crippen molar-refractivity contribution in [2.24, 2.45) is 11.5 Å². The zero-order chi connectivity index (χ0) is 12.0. The van der Waals surface area contributed by atoms with E-state index in [9.17, 15) is 4.79 Å². The van der Waals surface area contributed by atoms with Gasteiger partial charge in [-0.05, 0) is 17.7 Å². The summed E-state index contributed by atoms with van der Waals surface area (Å²) in [6, 6.07) is 7.88. The minimum absolute atomic E-state index is 0.00842. The lowest BCUT2D eigenvalue weighted by Crippen LogP contribution is -2.21. The van der Waals surface area contributed by atoms with Gasteiger partial charge in [-0.15, -0.1) is 0 Å². The number of hydrogen-bond donors (Lipinski definition) is 2. The first-order valence-corrected chi connectivity index (χ1v) is 5.23. The Kier molecular flexibility index (Phi) is 4.95. The first kappa shape index (κ1) is 12.7. The van der Waals surface area contributed by atoms with Gasteiger partial charge >= 0.3 is 0 Å². The van der Waals surface area contributed by atoms with Crippen molar-refractivity contribution >= 4 is 5.91 Å². The second kappa shape index (κ2) is 6.25. The molecule has 0 bridgehead atoms. The second-order valence-electron chi connectivity index (χ2n) is 3.78. The molecule has 0 aliphatic heterocycles. The highest BCUT2D eigenvalue weighted by Gasteiger charge is 2.12. The standard InChI is InChI=1S/C12H18N2O2/c1-16-8-9-2-4-10(5-3-9)11(7-13)6-12(14)15/h2-5,11H,6-8,13H2,1H3,(H2,14,15). The molecule has 0 fully saturated rings. The van der Waals surface area contributed by atoms with Crippen LogP contribution in [0.25, 0.3) is 0 Å². The number of methoxy groups -OCH3 is 1. The summed E-state index contributed by atoms with van der Waals surface area (Å²) in [5.74, 6) is -0.314. The molecule has 1 rings (SSSR count). The fourth-order valence-corrected chi connectivity index (χ4v) is 1.63. The van der Waals surface area contributed by atoms with E-state index in [1.807, 2.05) is 24.3 Å². The van der Waals surface area contributed by atoms with Crippen LogP contribution in [0, 0.1) is 0 Å². The Morgan fingerprint density at radius 1 is 1.38 bits per heavy atom. The predicted molar refractivity (Wildman–Crippen MR) is 62.8 cm³/mol. The van der Waals surface area contributed by atoms with E-state index in [1.54, 1.807) is 7.11 Å². The van der Waals surface area contributed by atoms with Crippen LogP contribution in [-0.4, -0.2) is 19.6 Å². The molecule has 1 aromatic rings. The maximum atomic E-state index is 10.9. The first-order chi connectivity index (χ1) is 7.67. The average Bonchev–Trinajstić information content (AvgIpc) is 2.27. The molecule has 0 radical (unpaired) electrons. The smallest absolute Gasteiger partial charge is 0.218 e. The van der Waals surface area contributed by atoms with E-state index < -0.39 is 0 Å². The number of benzene rings is 1. The molecule has 0 aliphatic rings. The third-order valence-electron chi connectivity index (χ3n) is 2.49. The van der Waals surface area contributed by atoms with E-state index in [0.717, 1.165) is 11.1 Å². The van der Waals surface area contributed by atoms with Crippen LogP contribution in [0.15, 0.2) is 24.3 Å². The maximum Gasteiger partial charge on any atom is 0.218 e. The number of carbonyl (C=O) groups is 1. The van der Waals surface area contributed by atoms with E-state index >= 15 is 0 Å². The molecule has 0 saturated carbocycles. The lowest BCUT2D eigenvalue weighted by Gasteiger charge is -2.13. The van der Waals surface area contributed by atoms with Gasteiger partial charge in [0.15, 0.2) is 0 Å². The van der Waals surface area contributed by atoms with Gasteiger partial charge in [0.2, 0.25) is 5.91 Å². The largest absolute Gasteiger partial charge is 0.380 e. The molecule has 4 heteroatoms. The maximum absolute atomic E-state index is 10.9. The number of nitrogens with two attached hydrogens (primary N) is 2. The first-order valence-electron chi connectivity index (χ1n) is 5.23. The summed E-state index contributed by atoms with van der Waals surface area (Å²) in [6.45, 7) is 1.01. The van der Waals surface area contributed by atoms with Crippen molar-refractivity contribution in [2.75, 3.05) is 13.7 Å². The zero-order valence-electron chi connectivity index (χ0n) is 9.48. The molecular weight excluding hydrogens is 204 g/mol. The SMILES string of the molecule is COCc1ccc(C(CN)CC(N)=O)cc1. The summed E-state index contributed by atoms with van der Waals surface area (Å²) in [5.41, 5.74) is 12.9. The van der Waals surface area contributed by atoms with Crippen molar-refractivity contribution in [3.8, 4) is 0 Å². The highest BCUT2D eigenvalue weighted by Crippen LogP contribution is 2.18. The van der Waals surface area contributed by atoms with Crippen molar-refractivity contribution in [3.05, 3.63) is 35.4 Å². The van der Waals surface area contributed by atoms with Gasteiger partial charge in [0.1, 0.15) is 0 Å². The van der Waals surface area contributed by atoms with Crippen LogP contribution in [0.4, 0.5) is 0 Å². The highest BCUT2D eigenvalue weighted by molar-refractivity contribution is 5.74. The number of carbonyl (C=O) groups excluding carboxylic acids is 1. The summed E-state index contributed by atoms with van der Waals surface area (Å²) >= 11 is 0. The van der Waals surface area contributed by atoms with Gasteiger partial charge in [-0.2, -0.15) is 0 Å². The summed E-state index contributed by atoms with van der Waals surface area (Å²) < 4.78 is 5.02. The number of amides is 1. The van der Waals surface area contributed by atoms with E-state index in [2.05, 4.69) is 0 Å². The minimum atomic E-state index is -0.323. The molecule has 0 spiro atoms. The molecule has 0 aromatic heterocycles. The quantitative estimate of drug-likeness (QED) is 0.745. The monoisotopic (exact) mass is 222 g/mol. The third kappa shape index (κ3) is 3.64. The van der Waals surface area contributed by atoms with Gasteiger partial charge in [0.05, 0.1) is 6.61 Å². The third-order valence-corrected chi connectivity index (χ3v) is 2.49. The Morgan fingerprint density at radius 3 is 2.44 bits per heavy atom. The molecule has 0 heterocycles. The van der Waals surface area contributed by atoms with Gasteiger partial charge < -0.3 is 16.2 Å². The van der Waals surface area contributed by atoms with Crippen LogP contribution in [-0.2, 0) is 16.1 Å². The number of hydrogen-bond acceptors (Lipinski definition) is 3. The molecule has 0 saturated heterocycles. The number of ether oxygens (including phenoxy) is 1. The van der Waals surface area contributed by atoms with Crippen molar-refractivity contribution in [1.82, 2.24) is 0 Å². The molecule has 1 amide bonds. The van der Waals surface area contributed by atoms with Crippen LogP contribution in [0.5, 0.6) is 0 Å². The Bertz CT molecular complexity index is 335. The summed E-state index contributed by atoms with van der Waals surface area (Å²) in [7, 11) is 1.66. The average molecular weight is 222 g/mol. The van der Waals surface area contributed by atoms with Gasteiger partial charge in [0.25, 0.3) is 0 Å². The minimum Gasteiger partial charge on any atom is -0.380 e. The molecule has 1 aromatic carbocycles. The van der Waals surface area contributed by atoms with Crippen molar-refractivity contribution in [1.29, 1.82) is 0 Å². The van der Waals surface area contributed by atoms with Crippen LogP contribution in [0.3, 0.4) is 0 Å². The fraction of sp³-hybridized carbons (Fsp3) is 0.417. The summed E-state index contributed by atoms with van der Waals surface area (Å²) in [5, 5.41) is 0. The zero-order valence-corrected chi connectivity index (χ0v) is 9.48. The van der Waals surface area contributed by atoms with Crippen LogP contribution in [0.2, 0.25) is 0 Å². The molecule has 1 unspecified atom stereocenters. The molecule has 16 heavy (non-hydrogen) atoms. The van der Waals surface area contributed by atoms with Gasteiger partial charge in [-0.1, -0.05) is 24.3 Å². The van der Waals surface area contributed by atoms with E-state index in [0.29, 0.717) is 19.6 Å². The number of primary amides is 1. The topological polar surface area (TPSA) is 78.3 Å². The Balaban J connectivity index is 2.73. The Hall–Kier alpha value is -1.39. The molecule has 4 N–H and O–H groups in total. The summed E-state index contributed by atoms with van der Waals surface area (Å²) in [6.07, 6.45) is 0.292. The van der Waals surface area contributed by atoms with Crippen molar-refractivity contribution in [2.45, 2.75) is 18.9 Å². The second-order valence-corrected chi connectivity index (χ2v) is 3.78. The van der Waals surface area contributed by atoms with Crippen LogP contribution >= 0.6 is 0 Å². The van der Waals surface area contributed by atoms with E-state index in [4.69, 9.17) is 16.2 Å². The normalized spacial score (nSPS) is 12.4. The highest BCUT2D eigenvalue weighted by atomic mass is 16.5. The number of rotatable bonds is 6. The Morgan fingerprint density at radius 2 is 2.00 bits per heavy atom.